The number of thioether (sulfide) groups is 1. The smallest absolute Gasteiger partial charge is 0.248 e. The molecule has 2 N–H and O–H groups in total. The van der Waals surface area contributed by atoms with Crippen molar-refractivity contribution in [2.24, 2.45) is 0 Å². The predicted octanol–water partition coefficient (Wildman–Crippen LogP) is 6.21. The molecule has 0 saturated carbocycles. The molecule has 3 aromatic carbocycles. The largest absolute Gasteiger partial charge is 0.322 e. The minimum absolute atomic E-state index is 0.171. The summed E-state index contributed by atoms with van der Waals surface area (Å²) >= 11 is 1.41. The highest BCUT2D eigenvalue weighted by atomic mass is 32.2. The van der Waals surface area contributed by atoms with Gasteiger partial charge in [0.1, 0.15) is 11.1 Å². The molecular formula is C28H23N3O2S. The standard InChI is InChI=1S/C28H23N3O2S/c32-26(18-17-21-10-3-1-4-11-21)30-23-14-9-15-24(20-23)34-27(22-12-5-2-6-13-22)28(33)31-25-16-7-8-19-29-25/h1-20,27H,(H,30,32)(H,29,31,33)/b18-17+. The van der Waals surface area contributed by atoms with Crippen LogP contribution in [0.4, 0.5) is 11.5 Å². The SMILES string of the molecule is O=C(/C=C/c1ccccc1)Nc1cccc(SC(C(=O)Nc2ccccn2)c2ccccc2)c1. The second kappa shape index (κ2) is 11.6. The maximum absolute atomic E-state index is 13.1. The molecule has 0 bridgehead atoms. The van der Waals surface area contributed by atoms with Crippen LogP contribution in [0.5, 0.6) is 0 Å². The van der Waals surface area contributed by atoms with Gasteiger partial charge < -0.3 is 10.6 Å². The van der Waals surface area contributed by atoms with E-state index in [1.54, 1.807) is 24.4 Å². The van der Waals surface area contributed by atoms with Crippen molar-refractivity contribution in [3.63, 3.8) is 0 Å². The van der Waals surface area contributed by atoms with Crippen molar-refractivity contribution in [3.8, 4) is 0 Å². The van der Waals surface area contributed by atoms with Crippen LogP contribution in [0.3, 0.4) is 0 Å². The number of carbonyl (C=O) groups excluding carboxylic acids is 2. The molecule has 1 aromatic heterocycles. The van der Waals surface area contributed by atoms with Crippen molar-refractivity contribution >= 4 is 41.2 Å². The van der Waals surface area contributed by atoms with Gasteiger partial charge in [-0.3, -0.25) is 9.59 Å². The third-order valence-corrected chi connectivity index (χ3v) is 6.09. The number of benzene rings is 3. The lowest BCUT2D eigenvalue weighted by molar-refractivity contribution is -0.116. The minimum Gasteiger partial charge on any atom is -0.322 e. The molecule has 1 unspecified atom stereocenters. The monoisotopic (exact) mass is 465 g/mol. The lowest BCUT2D eigenvalue weighted by Crippen LogP contribution is -2.19. The zero-order valence-corrected chi connectivity index (χ0v) is 19.1. The van der Waals surface area contributed by atoms with Crippen LogP contribution in [0.15, 0.2) is 120 Å². The van der Waals surface area contributed by atoms with Crippen LogP contribution in [-0.4, -0.2) is 16.8 Å². The fraction of sp³-hybridized carbons (Fsp3) is 0.0357. The summed E-state index contributed by atoms with van der Waals surface area (Å²) in [6, 6.07) is 32.1. The molecule has 2 amide bonds. The van der Waals surface area contributed by atoms with Crippen LogP contribution < -0.4 is 10.6 Å². The highest BCUT2D eigenvalue weighted by Crippen LogP contribution is 2.37. The number of aromatic nitrogens is 1. The fourth-order valence-corrected chi connectivity index (χ4v) is 4.32. The summed E-state index contributed by atoms with van der Waals surface area (Å²) in [4.78, 5) is 30.6. The molecule has 168 valence electrons. The van der Waals surface area contributed by atoms with Gasteiger partial charge in [-0.25, -0.2) is 4.98 Å². The lowest BCUT2D eigenvalue weighted by Gasteiger charge is -2.17. The number of anilines is 2. The molecule has 1 atom stereocenters. The average Bonchev–Trinajstić information content (AvgIpc) is 2.88. The van der Waals surface area contributed by atoms with Gasteiger partial charge in [0.15, 0.2) is 0 Å². The summed E-state index contributed by atoms with van der Waals surface area (Å²) in [5.41, 5.74) is 2.48. The highest BCUT2D eigenvalue weighted by Gasteiger charge is 2.22. The Kier molecular flexibility index (Phi) is 7.87. The Bertz CT molecular complexity index is 1260. The van der Waals surface area contributed by atoms with Crippen molar-refractivity contribution in [2.45, 2.75) is 10.1 Å². The van der Waals surface area contributed by atoms with Crippen LogP contribution in [0.2, 0.25) is 0 Å². The summed E-state index contributed by atoms with van der Waals surface area (Å²) in [6.45, 7) is 0. The number of nitrogens with zero attached hydrogens (tertiary/aromatic N) is 1. The van der Waals surface area contributed by atoms with Gasteiger partial charge in [-0.1, -0.05) is 72.8 Å². The number of nitrogens with one attached hydrogen (secondary N) is 2. The third kappa shape index (κ3) is 6.67. The van der Waals surface area contributed by atoms with Crippen molar-refractivity contribution in [2.75, 3.05) is 10.6 Å². The normalized spacial score (nSPS) is 11.6. The van der Waals surface area contributed by atoms with E-state index in [-0.39, 0.29) is 11.8 Å². The second-order valence-corrected chi connectivity index (χ2v) is 8.55. The predicted molar refractivity (Wildman–Crippen MR) is 138 cm³/mol. The van der Waals surface area contributed by atoms with Crippen LogP contribution in [0.1, 0.15) is 16.4 Å². The number of amides is 2. The Balaban J connectivity index is 1.48. The highest BCUT2D eigenvalue weighted by molar-refractivity contribution is 8.00. The van der Waals surface area contributed by atoms with E-state index in [0.717, 1.165) is 16.0 Å². The first-order chi connectivity index (χ1) is 16.7. The zero-order valence-electron chi connectivity index (χ0n) is 18.3. The van der Waals surface area contributed by atoms with Crippen LogP contribution in [0, 0.1) is 0 Å². The Morgan fingerprint density at radius 2 is 1.53 bits per heavy atom. The third-order valence-electron chi connectivity index (χ3n) is 4.84. The number of rotatable bonds is 8. The quantitative estimate of drug-likeness (QED) is 0.240. The molecule has 34 heavy (non-hydrogen) atoms. The van der Waals surface area contributed by atoms with E-state index >= 15 is 0 Å². The van der Waals surface area contributed by atoms with Gasteiger partial charge >= 0.3 is 0 Å². The van der Waals surface area contributed by atoms with Gasteiger partial charge in [-0.05, 0) is 47.5 Å². The molecule has 0 saturated heterocycles. The number of hydrogen-bond donors (Lipinski definition) is 2. The molecule has 1 heterocycles. The molecule has 4 aromatic rings. The molecule has 0 spiro atoms. The van der Waals surface area contributed by atoms with Crippen molar-refractivity contribution < 1.29 is 9.59 Å². The summed E-state index contributed by atoms with van der Waals surface area (Å²) in [7, 11) is 0. The van der Waals surface area contributed by atoms with Crippen LogP contribution >= 0.6 is 11.8 Å². The summed E-state index contributed by atoms with van der Waals surface area (Å²) in [6.07, 6.45) is 4.90. The first-order valence-corrected chi connectivity index (χ1v) is 11.6. The molecular weight excluding hydrogens is 442 g/mol. The van der Waals surface area contributed by atoms with Gasteiger partial charge in [0.05, 0.1) is 0 Å². The van der Waals surface area contributed by atoms with Gasteiger partial charge in [-0.15, -0.1) is 11.8 Å². The number of carbonyl (C=O) groups is 2. The second-order valence-electron chi connectivity index (χ2n) is 7.37. The first kappa shape index (κ1) is 23.0. The van der Waals surface area contributed by atoms with Gasteiger partial charge in [-0.2, -0.15) is 0 Å². The lowest BCUT2D eigenvalue weighted by atomic mass is 10.1. The van der Waals surface area contributed by atoms with E-state index in [0.29, 0.717) is 11.5 Å². The summed E-state index contributed by atoms with van der Waals surface area (Å²) in [5.74, 6) is 0.105. The summed E-state index contributed by atoms with van der Waals surface area (Å²) in [5, 5.41) is 5.28. The maximum Gasteiger partial charge on any atom is 0.248 e. The molecule has 0 radical (unpaired) electrons. The van der Waals surface area contributed by atoms with Gasteiger partial charge in [0, 0.05) is 22.9 Å². The Morgan fingerprint density at radius 3 is 2.26 bits per heavy atom. The van der Waals surface area contributed by atoms with E-state index in [1.165, 1.54) is 17.8 Å². The van der Waals surface area contributed by atoms with Gasteiger partial charge in [0.2, 0.25) is 11.8 Å². The number of pyridine rings is 1. The molecule has 4 rings (SSSR count). The molecule has 0 aliphatic carbocycles. The zero-order chi connectivity index (χ0) is 23.6. The molecule has 0 aliphatic heterocycles. The molecule has 6 heteroatoms. The van der Waals surface area contributed by atoms with E-state index in [9.17, 15) is 9.59 Å². The van der Waals surface area contributed by atoms with E-state index < -0.39 is 5.25 Å². The van der Waals surface area contributed by atoms with Crippen LogP contribution in [0.25, 0.3) is 6.08 Å². The van der Waals surface area contributed by atoms with E-state index in [1.807, 2.05) is 91.0 Å². The van der Waals surface area contributed by atoms with Gasteiger partial charge in [0.25, 0.3) is 0 Å². The van der Waals surface area contributed by atoms with Crippen molar-refractivity contribution in [1.29, 1.82) is 0 Å². The summed E-state index contributed by atoms with van der Waals surface area (Å²) < 4.78 is 0. The fourth-order valence-electron chi connectivity index (χ4n) is 3.23. The van der Waals surface area contributed by atoms with Crippen LogP contribution in [-0.2, 0) is 9.59 Å². The van der Waals surface area contributed by atoms with Crippen molar-refractivity contribution in [1.82, 2.24) is 4.98 Å². The topological polar surface area (TPSA) is 71.1 Å². The Morgan fingerprint density at radius 1 is 0.794 bits per heavy atom. The molecule has 5 nitrogen and oxygen atoms in total. The minimum atomic E-state index is -0.493. The molecule has 0 aliphatic rings. The average molecular weight is 466 g/mol. The maximum atomic E-state index is 13.1. The first-order valence-electron chi connectivity index (χ1n) is 10.7. The van der Waals surface area contributed by atoms with E-state index in [4.69, 9.17) is 0 Å². The Labute approximate surface area is 203 Å². The molecule has 0 fully saturated rings. The number of hydrogen-bond acceptors (Lipinski definition) is 4. The van der Waals surface area contributed by atoms with Crippen molar-refractivity contribution in [3.05, 3.63) is 127 Å². The Hall–Kier alpha value is -4.16. The van der Waals surface area contributed by atoms with E-state index in [2.05, 4.69) is 15.6 Å².